The molecule has 3 aromatic rings. The average molecular weight is 655 g/mol. The van der Waals surface area contributed by atoms with Gasteiger partial charge in [0.1, 0.15) is 5.82 Å². The Hall–Kier alpha value is -2.92. The molecule has 1 heterocycles. The van der Waals surface area contributed by atoms with Crippen molar-refractivity contribution < 1.29 is 13.6 Å². The van der Waals surface area contributed by atoms with Crippen LogP contribution < -0.4 is 16.2 Å². The highest BCUT2D eigenvalue weighted by Gasteiger charge is 2.24. The third kappa shape index (κ3) is 8.83. The largest absolute Gasteiger partial charge is 0.383 e. The van der Waals surface area contributed by atoms with E-state index in [0.29, 0.717) is 35.3 Å². The summed E-state index contributed by atoms with van der Waals surface area (Å²) in [5.74, 6) is 0.339. The van der Waals surface area contributed by atoms with E-state index < -0.39 is 24.7 Å². The molecule has 1 amide bonds. The van der Waals surface area contributed by atoms with E-state index in [0.717, 1.165) is 16.7 Å². The molecule has 0 unspecified atom stereocenters. The van der Waals surface area contributed by atoms with Crippen molar-refractivity contribution in [3.8, 4) is 11.3 Å². The lowest BCUT2D eigenvalue weighted by Gasteiger charge is -2.16. The smallest absolute Gasteiger partial charge is 0.291 e. The maximum atomic E-state index is 13.9. The Kier molecular flexibility index (Phi) is 10.7. The molecule has 3 rings (SSSR count). The van der Waals surface area contributed by atoms with Gasteiger partial charge in [0.2, 0.25) is 5.91 Å². The van der Waals surface area contributed by atoms with Crippen molar-refractivity contribution in [2.45, 2.75) is 36.7 Å². The van der Waals surface area contributed by atoms with Crippen LogP contribution in [0, 0.1) is 0 Å². The molecule has 0 aliphatic carbocycles. The fourth-order valence-electron chi connectivity index (χ4n) is 3.79. The molecule has 1 aromatic heterocycles. The molecule has 2 aromatic carbocycles. The van der Waals surface area contributed by atoms with E-state index in [9.17, 15) is 18.4 Å². The van der Waals surface area contributed by atoms with E-state index in [2.05, 4.69) is 21.7 Å². The SMILES string of the molecule is C=IC(F)(F)CCCc1nc(-c2ccc(Cl)cc2)cc(=O)n1Cc1cccc(C(=C)NCCNC(C)=O)c1. The second-order valence-electron chi connectivity index (χ2n) is 8.68. The molecule has 0 saturated carbocycles. The summed E-state index contributed by atoms with van der Waals surface area (Å²) in [6.07, 6.45) is 0.130. The van der Waals surface area contributed by atoms with E-state index in [4.69, 9.17) is 16.6 Å². The standard InChI is InChI=1S/C28H30ClF2IN4O2/c1-19(33-14-15-34-20(2)37)23-7-4-6-21(16-23)18-36-26(8-5-13-28(30,31)32-3)35-25(17-27(36)38)22-9-11-24(29)12-10-22/h4,6-7,9-12,16-17,33H,1,3,5,8,13-15,18H2,2H3,(H,34,37). The van der Waals surface area contributed by atoms with Gasteiger partial charge in [-0.15, -0.1) is 0 Å². The molecule has 202 valence electrons. The van der Waals surface area contributed by atoms with Gasteiger partial charge in [-0.3, -0.25) is 14.2 Å². The monoisotopic (exact) mass is 654 g/mol. The van der Waals surface area contributed by atoms with Crippen LogP contribution in [0.1, 0.15) is 36.7 Å². The maximum Gasteiger partial charge on any atom is 0.291 e. The summed E-state index contributed by atoms with van der Waals surface area (Å²) >= 11 is 4.54. The van der Waals surface area contributed by atoms with Crippen molar-refractivity contribution in [1.82, 2.24) is 20.2 Å². The van der Waals surface area contributed by atoms with Crippen molar-refractivity contribution in [3.63, 3.8) is 0 Å². The Morgan fingerprint density at radius 1 is 1.13 bits per heavy atom. The molecule has 0 aliphatic heterocycles. The van der Waals surface area contributed by atoms with Crippen LogP contribution in [0.3, 0.4) is 0 Å². The molecule has 10 heteroatoms. The number of alkyl halides is 3. The number of carbonyl (C=O) groups is 1. The Balaban J connectivity index is 1.86. The fraction of sp³-hybridized carbons (Fsp3) is 0.286. The van der Waals surface area contributed by atoms with Crippen LogP contribution in [0.4, 0.5) is 8.78 Å². The molecule has 0 bridgehead atoms. The van der Waals surface area contributed by atoms with Crippen LogP contribution in [0.25, 0.3) is 17.0 Å². The summed E-state index contributed by atoms with van der Waals surface area (Å²) in [6.45, 7) is 6.73. The molecule has 6 nitrogen and oxygen atoms in total. The number of benzene rings is 2. The number of nitrogens with zero attached hydrogens (tertiary/aromatic N) is 2. The number of nitrogens with one attached hydrogen (secondary N) is 2. The van der Waals surface area contributed by atoms with Crippen LogP contribution in [-0.2, 0) is 17.8 Å². The van der Waals surface area contributed by atoms with Crippen LogP contribution >= 0.6 is 32.3 Å². The summed E-state index contributed by atoms with van der Waals surface area (Å²) in [7, 11) is 0. The minimum atomic E-state index is -2.75. The summed E-state index contributed by atoms with van der Waals surface area (Å²) in [5.41, 5.74) is 3.28. The molecule has 2 N–H and O–H groups in total. The van der Waals surface area contributed by atoms with Crippen LogP contribution in [0.2, 0.25) is 5.02 Å². The number of aromatic nitrogens is 2. The van der Waals surface area contributed by atoms with E-state index in [1.165, 1.54) is 17.6 Å². The highest BCUT2D eigenvalue weighted by Crippen LogP contribution is 2.32. The van der Waals surface area contributed by atoms with Gasteiger partial charge in [0.15, 0.2) is 0 Å². The number of hydrogen-bond acceptors (Lipinski definition) is 4. The summed E-state index contributed by atoms with van der Waals surface area (Å²) < 4.78 is 30.0. The van der Waals surface area contributed by atoms with Crippen molar-refractivity contribution in [2.24, 2.45) is 0 Å². The van der Waals surface area contributed by atoms with Gasteiger partial charge < -0.3 is 10.6 Å². The third-order valence-corrected chi connectivity index (χ3v) is 7.64. The number of aryl methyl sites for hydroxylation is 1. The Morgan fingerprint density at radius 2 is 1.84 bits per heavy atom. The predicted octanol–water partition coefficient (Wildman–Crippen LogP) is 5.63. The summed E-state index contributed by atoms with van der Waals surface area (Å²) in [4.78, 5) is 29.0. The number of halogens is 4. The van der Waals surface area contributed by atoms with Gasteiger partial charge in [-0.1, -0.05) is 73.8 Å². The number of hydrogen-bond donors (Lipinski definition) is 2. The first-order valence-electron chi connectivity index (χ1n) is 12.0. The highest BCUT2D eigenvalue weighted by molar-refractivity contribution is 14.2. The zero-order valence-electron chi connectivity index (χ0n) is 21.1. The predicted molar refractivity (Wildman–Crippen MR) is 159 cm³/mol. The van der Waals surface area contributed by atoms with Crippen molar-refractivity contribution in [3.05, 3.63) is 93.5 Å². The molecule has 0 aliphatic rings. The van der Waals surface area contributed by atoms with Gasteiger partial charge in [-0.25, -0.2) is 4.98 Å². The molecule has 0 radical (unpaired) electrons. The number of rotatable bonds is 13. The van der Waals surface area contributed by atoms with Crippen molar-refractivity contribution in [1.29, 1.82) is 0 Å². The topological polar surface area (TPSA) is 76.0 Å². The van der Waals surface area contributed by atoms with E-state index >= 15 is 0 Å². The first-order valence-corrected chi connectivity index (χ1v) is 15.0. The van der Waals surface area contributed by atoms with Crippen molar-refractivity contribution in [2.75, 3.05) is 13.1 Å². The quantitative estimate of drug-likeness (QED) is 0.143. The highest BCUT2D eigenvalue weighted by atomic mass is 127. The van der Waals surface area contributed by atoms with Gasteiger partial charge >= 0.3 is 0 Å². The lowest BCUT2D eigenvalue weighted by atomic mass is 10.1. The van der Waals surface area contributed by atoms with Crippen LogP contribution in [0.5, 0.6) is 0 Å². The Labute approximate surface area is 235 Å². The normalized spacial score (nSPS) is 11.3. The minimum absolute atomic E-state index is 0.104. The van der Waals surface area contributed by atoms with Crippen LogP contribution in [-0.4, -0.2) is 37.0 Å². The first-order chi connectivity index (χ1) is 18.1. The van der Waals surface area contributed by atoms with Crippen LogP contribution in [0.15, 0.2) is 66.0 Å². The van der Waals surface area contributed by atoms with E-state index in [1.54, 1.807) is 24.3 Å². The zero-order chi connectivity index (χ0) is 27.7. The van der Waals surface area contributed by atoms with Crippen molar-refractivity contribution >= 4 is 48.5 Å². The maximum absolute atomic E-state index is 13.9. The summed E-state index contributed by atoms with van der Waals surface area (Å²) in [5, 5.41) is 6.45. The second kappa shape index (κ2) is 13.7. The van der Waals surface area contributed by atoms with E-state index in [1.807, 2.05) is 24.3 Å². The molecular weight excluding hydrogens is 625 g/mol. The Morgan fingerprint density at radius 3 is 2.53 bits per heavy atom. The Bertz CT molecular complexity index is 1360. The fourth-order valence-corrected chi connectivity index (χ4v) is 4.68. The lowest BCUT2D eigenvalue weighted by molar-refractivity contribution is -0.118. The van der Waals surface area contributed by atoms with Gasteiger partial charge in [-0.2, -0.15) is 8.78 Å². The molecule has 0 saturated heterocycles. The first kappa shape index (κ1) is 29.6. The second-order valence-corrected chi connectivity index (χ2v) is 11.5. The van der Waals surface area contributed by atoms with Gasteiger partial charge in [0, 0.05) is 55.2 Å². The summed E-state index contributed by atoms with van der Waals surface area (Å²) in [6, 6.07) is 16.0. The number of amides is 1. The zero-order valence-corrected chi connectivity index (χ0v) is 24.0. The van der Waals surface area contributed by atoms with Gasteiger partial charge in [0.05, 0.1) is 12.2 Å². The van der Waals surface area contributed by atoms with Gasteiger partial charge in [0.25, 0.3) is 9.49 Å². The molecule has 0 spiro atoms. The molecule has 38 heavy (non-hydrogen) atoms. The molecule has 0 fully saturated rings. The molecule has 0 atom stereocenters. The third-order valence-electron chi connectivity index (χ3n) is 5.74. The number of carbonyl (C=O) groups excluding carboxylic acids is 1. The van der Waals surface area contributed by atoms with E-state index in [-0.39, 0.29) is 37.3 Å². The average Bonchev–Trinajstić information content (AvgIpc) is 2.88. The molecular formula is C28H30ClF2IN4O2. The van der Waals surface area contributed by atoms with Gasteiger partial charge in [-0.05, 0) is 35.7 Å². The lowest BCUT2D eigenvalue weighted by Crippen LogP contribution is -2.29. The minimum Gasteiger partial charge on any atom is -0.383 e.